The summed E-state index contributed by atoms with van der Waals surface area (Å²) in [5.74, 6) is 2.20. The largest absolute Gasteiger partial charge is 0.493 e. The second-order valence-corrected chi connectivity index (χ2v) is 10.3. The topological polar surface area (TPSA) is 54.0 Å². The molecule has 0 saturated carbocycles. The lowest BCUT2D eigenvalue weighted by atomic mass is 9.88. The van der Waals surface area contributed by atoms with Crippen molar-refractivity contribution in [3.63, 3.8) is 0 Å². The highest BCUT2D eigenvalue weighted by molar-refractivity contribution is 5.79. The Balaban J connectivity index is 1.28. The number of morpholine rings is 1. The molecule has 3 aliphatic rings. The zero-order valence-electron chi connectivity index (χ0n) is 20.0. The highest BCUT2D eigenvalue weighted by Gasteiger charge is 2.32. The molecule has 2 aliphatic heterocycles. The van der Waals surface area contributed by atoms with Gasteiger partial charge in [0.15, 0.2) is 0 Å². The first-order chi connectivity index (χ1) is 15.6. The number of carbonyl (C=O) groups excluding carboxylic acids is 1. The molecular weight excluding hydrogens is 402 g/mol. The molecule has 6 heteroatoms. The first kappa shape index (κ1) is 23.5. The number of fused-ring (bicyclic) bond motifs is 1. The van der Waals surface area contributed by atoms with Crippen LogP contribution < -0.4 is 10.1 Å². The summed E-state index contributed by atoms with van der Waals surface area (Å²) < 4.78 is 11.6. The minimum atomic E-state index is 0.0424. The lowest BCUT2D eigenvalue weighted by Crippen LogP contribution is -2.49. The van der Waals surface area contributed by atoms with Crippen LogP contribution in [0.25, 0.3) is 0 Å². The number of likely N-dealkylation sites (tertiary alicyclic amines) is 1. The van der Waals surface area contributed by atoms with Gasteiger partial charge in [0, 0.05) is 51.7 Å². The van der Waals surface area contributed by atoms with Crippen LogP contribution in [0, 0.1) is 17.8 Å². The van der Waals surface area contributed by atoms with E-state index in [1.54, 1.807) is 0 Å². The maximum Gasteiger partial charge on any atom is 0.224 e. The molecule has 1 aliphatic carbocycles. The van der Waals surface area contributed by atoms with Crippen molar-refractivity contribution < 1.29 is 14.3 Å². The number of aryl methyl sites for hydroxylation is 2. The number of benzene rings is 1. The fraction of sp³-hybridized carbons (Fsp3) is 0.731. The molecule has 0 aromatic heterocycles. The normalized spacial score (nSPS) is 24.5. The average Bonchev–Trinajstić information content (AvgIpc) is 3.26. The molecule has 0 bridgehead atoms. The molecule has 2 fully saturated rings. The Bertz CT molecular complexity index is 748. The van der Waals surface area contributed by atoms with Crippen molar-refractivity contribution in [3.8, 4) is 5.75 Å². The SMILES string of the molecule is CC(C)CN1C[C@@H](COc2ccc3c(c2)CCC3)C[C@@H](C(=O)NCCN2CCOCC2)C1. The molecule has 1 N–H and O–H groups in total. The zero-order chi connectivity index (χ0) is 22.3. The van der Waals surface area contributed by atoms with Crippen LogP contribution in [0.4, 0.5) is 0 Å². The van der Waals surface area contributed by atoms with E-state index < -0.39 is 0 Å². The van der Waals surface area contributed by atoms with E-state index in [0.717, 1.165) is 71.2 Å². The van der Waals surface area contributed by atoms with E-state index in [2.05, 4.69) is 47.2 Å². The summed E-state index contributed by atoms with van der Waals surface area (Å²) in [6.45, 7) is 13.2. The van der Waals surface area contributed by atoms with Gasteiger partial charge in [-0.05, 0) is 54.9 Å². The van der Waals surface area contributed by atoms with Crippen LogP contribution in [-0.4, -0.2) is 81.3 Å². The molecule has 1 aromatic carbocycles. The molecule has 6 nitrogen and oxygen atoms in total. The number of nitrogens with one attached hydrogen (secondary N) is 1. The van der Waals surface area contributed by atoms with Crippen molar-refractivity contribution in [2.75, 3.05) is 65.6 Å². The molecule has 0 spiro atoms. The summed E-state index contributed by atoms with van der Waals surface area (Å²) in [4.78, 5) is 17.8. The predicted octanol–water partition coefficient (Wildman–Crippen LogP) is 2.60. The lowest BCUT2D eigenvalue weighted by molar-refractivity contribution is -0.127. The van der Waals surface area contributed by atoms with Crippen LogP contribution >= 0.6 is 0 Å². The van der Waals surface area contributed by atoms with Gasteiger partial charge in [0.25, 0.3) is 0 Å². The van der Waals surface area contributed by atoms with Gasteiger partial charge in [-0.3, -0.25) is 9.69 Å². The van der Waals surface area contributed by atoms with Gasteiger partial charge in [0.1, 0.15) is 5.75 Å². The van der Waals surface area contributed by atoms with E-state index in [-0.39, 0.29) is 11.8 Å². The third-order valence-corrected chi connectivity index (χ3v) is 6.99. The number of piperidine rings is 1. The Labute approximate surface area is 193 Å². The highest BCUT2D eigenvalue weighted by atomic mass is 16.5. The van der Waals surface area contributed by atoms with E-state index >= 15 is 0 Å². The maximum atomic E-state index is 13.0. The van der Waals surface area contributed by atoms with E-state index in [1.165, 1.54) is 30.4 Å². The number of nitrogens with zero attached hydrogens (tertiary/aromatic N) is 2. The summed E-state index contributed by atoms with van der Waals surface area (Å²) >= 11 is 0. The Kier molecular flexibility index (Phi) is 8.44. The summed E-state index contributed by atoms with van der Waals surface area (Å²) in [5.41, 5.74) is 2.93. The Morgan fingerprint density at radius 1 is 1.16 bits per heavy atom. The quantitative estimate of drug-likeness (QED) is 0.636. The van der Waals surface area contributed by atoms with E-state index in [0.29, 0.717) is 18.4 Å². The molecule has 178 valence electrons. The number of carbonyl (C=O) groups is 1. The van der Waals surface area contributed by atoms with Crippen molar-refractivity contribution in [1.29, 1.82) is 0 Å². The molecule has 2 heterocycles. The van der Waals surface area contributed by atoms with Crippen LogP contribution in [0.5, 0.6) is 5.75 Å². The van der Waals surface area contributed by atoms with Crippen LogP contribution in [0.15, 0.2) is 18.2 Å². The first-order valence-electron chi connectivity index (χ1n) is 12.6. The summed E-state index contributed by atoms with van der Waals surface area (Å²) in [7, 11) is 0. The molecule has 2 atom stereocenters. The number of hydrogen-bond donors (Lipinski definition) is 1. The molecule has 0 unspecified atom stereocenters. The molecule has 1 amide bonds. The Hall–Kier alpha value is -1.63. The summed E-state index contributed by atoms with van der Waals surface area (Å²) in [6, 6.07) is 6.58. The molecule has 2 saturated heterocycles. The predicted molar refractivity (Wildman–Crippen MR) is 127 cm³/mol. The number of ether oxygens (including phenoxy) is 2. The van der Waals surface area contributed by atoms with Crippen molar-refractivity contribution in [2.45, 2.75) is 39.5 Å². The van der Waals surface area contributed by atoms with Crippen LogP contribution in [-0.2, 0) is 22.4 Å². The third kappa shape index (κ3) is 6.69. The van der Waals surface area contributed by atoms with E-state index in [4.69, 9.17) is 9.47 Å². The molecule has 4 rings (SSSR count). The Morgan fingerprint density at radius 2 is 1.97 bits per heavy atom. The van der Waals surface area contributed by atoms with E-state index in [1.807, 2.05) is 0 Å². The van der Waals surface area contributed by atoms with Gasteiger partial charge in [-0.15, -0.1) is 0 Å². The maximum absolute atomic E-state index is 13.0. The van der Waals surface area contributed by atoms with Gasteiger partial charge in [-0.25, -0.2) is 0 Å². The van der Waals surface area contributed by atoms with Gasteiger partial charge in [0.2, 0.25) is 5.91 Å². The fourth-order valence-corrected chi connectivity index (χ4v) is 5.44. The third-order valence-electron chi connectivity index (χ3n) is 6.99. The second kappa shape index (κ2) is 11.5. The average molecular weight is 444 g/mol. The van der Waals surface area contributed by atoms with E-state index in [9.17, 15) is 4.79 Å². The molecule has 0 radical (unpaired) electrons. The molecular formula is C26H41N3O3. The van der Waals surface area contributed by atoms with Gasteiger partial charge in [-0.1, -0.05) is 19.9 Å². The van der Waals surface area contributed by atoms with Crippen LogP contribution in [0.3, 0.4) is 0 Å². The van der Waals surface area contributed by atoms with Crippen molar-refractivity contribution in [3.05, 3.63) is 29.3 Å². The minimum absolute atomic E-state index is 0.0424. The van der Waals surface area contributed by atoms with Crippen LogP contribution in [0.1, 0.15) is 37.8 Å². The van der Waals surface area contributed by atoms with Gasteiger partial charge >= 0.3 is 0 Å². The Morgan fingerprint density at radius 3 is 2.78 bits per heavy atom. The molecule has 1 aromatic rings. The van der Waals surface area contributed by atoms with Crippen LogP contribution in [0.2, 0.25) is 0 Å². The van der Waals surface area contributed by atoms with Crippen molar-refractivity contribution in [2.24, 2.45) is 17.8 Å². The monoisotopic (exact) mass is 443 g/mol. The van der Waals surface area contributed by atoms with Crippen molar-refractivity contribution >= 4 is 5.91 Å². The standard InChI is InChI=1S/C26H41N3O3/c1-20(2)16-29-17-21(19-32-25-7-6-22-4-3-5-23(22)15-25)14-24(18-29)26(30)27-8-9-28-10-12-31-13-11-28/h6-7,15,20-21,24H,3-5,8-14,16-19H2,1-2H3,(H,27,30)/t21-,24+/m0/s1. The number of hydrogen-bond acceptors (Lipinski definition) is 5. The lowest BCUT2D eigenvalue weighted by Gasteiger charge is -2.38. The summed E-state index contributed by atoms with van der Waals surface area (Å²) in [6.07, 6.45) is 4.53. The smallest absolute Gasteiger partial charge is 0.224 e. The number of rotatable bonds is 9. The van der Waals surface area contributed by atoms with Gasteiger partial charge in [-0.2, -0.15) is 0 Å². The zero-order valence-corrected chi connectivity index (χ0v) is 20.0. The second-order valence-electron chi connectivity index (χ2n) is 10.3. The fourth-order valence-electron chi connectivity index (χ4n) is 5.44. The highest BCUT2D eigenvalue weighted by Crippen LogP contribution is 2.28. The number of amides is 1. The molecule has 32 heavy (non-hydrogen) atoms. The first-order valence-corrected chi connectivity index (χ1v) is 12.6. The minimum Gasteiger partial charge on any atom is -0.493 e. The van der Waals surface area contributed by atoms with Gasteiger partial charge in [0.05, 0.1) is 25.7 Å². The summed E-state index contributed by atoms with van der Waals surface area (Å²) in [5, 5.41) is 3.21. The van der Waals surface area contributed by atoms with Gasteiger partial charge < -0.3 is 19.7 Å². The van der Waals surface area contributed by atoms with Crippen molar-refractivity contribution in [1.82, 2.24) is 15.1 Å².